The molecule has 0 radical (unpaired) electrons. The van der Waals surface area contributed by atoms with E-state index in [9.17, 15) is 9.18 Å². The molecule has 0 saturated heterocycles. The number of hydrogen-bond acceptors (Lipinski definition) is 5. The van der Waals surface area contributed by atoms with Crippen molar-refractivity contribution in [2.24, 2.45) is 0 Å². The first-order chi connectivity index (χ1) is 14.0. The number of aromatic nitrogens is 3. The van der Waals surface area contributed by atoms with Gasteiger partial charge in [0.25, 0.3) is 0 Å². The fraction of sp³-hybridized carbons (Fsp3) is 0.100. The van der Waals surface area contributed by atoms with Crippen molar-refractivity contribution in [3.05, 3.63) is 82.2 Å². The smallest absolute Gasteiger partial charge is 0.336 e. The highest BCUT2D eigenvalue weighted by Crippen LogP contribution is 2.20. The third-order valence-electron chi connectivity index (χ3n) is 4.26. The third kappa shape index (κ3) is 4.30. The van der Waals surface area contributed by atoms with E-state index < -0.39 is 5.63 Å². The molecular formula is C20H16FN5O2S. The van der Waals surface area contributed by atoms with Crippen LogP contribution in [0.3, 0.4) is 0 Å². The average Bonchev–Trinajstić information content (AvgIpc) is 3.10. The van der Waals surface area contributed by atoms with E-state index in [0.717, 1.165) is 10.9 Å². The van der Waals surface area contributed by atoms with Crippen LogP contribution in [0.2, 0.25) is 0 Å². The van der Waals surface area contributed by atoms with Gasteiger partial charge in [-0.3, -0.25) is 5.32 Å². The normalized spacial score (nSPS) is 10.8. The van der Waals surface area contributed by atoms with E-state index in [1.165, 1.54) is 23.1 Å². The van der Waals surface area contributed by atoms with Gasteiger partial charge in [-0.2, -0.15) is 0 Å². The summed E-state index contributed by atoms with van der Waals surface area (Å²) in [5.41, 5.74) is 2.06. The van der Waals surface area contributed by atoms with Crippen molar-refractivity contribution >= 4 is 39.9 Å². The van der Waals surface area contributed by atoms with E-state index in [1.54, 1.807) is 24.3 Å². The Hall–Kier alpha value is -3.59. The van der Waals surface area contributed by atoms with Crippen LogP contribution in [0.1, 0.15) is 11.1 Å². The average molecular weight is 409 g/mol. The second-order valence-corrected chi connectivity index (χ2v) is 6.80. The summed E-state index contributed by atoms with van der Waals surface area (Å²) in [4.78, 5) is 15.7. The number of nitrogens with zero attached hydrogens (tertiary/aromatic N) is 3. The van der Waals surface area contributed by atoms with Crippen LogP contribution in [0, 0.1) is 12.7 Å². The van der Waals surface area contributed by atoms with Gasteiger partial charge in [0.1, 0.15) is 17.7 Å². The number of fused-ring (bicyclic) bond motifs is 1. The summed E-state index contributed by atoms with van der Waals surface area (Å²) >= 11 is 5.29. The van der Waals surface area contributed by atoms with Crippen molar-refractivity contribution in [2.75, 3.05) is 10.6 Å². The van der Waals surface area contributed by atoms with Crippen molar-refractivity contribution in [1.29, 1.82) is 0 Å². The number of rotatable bonds is 4. The molecule has 0 amide bonds. The quantitative estimate of drug-likeness (QED) is 0.393. The third-order valence-corrected chi connectivity index (χ3v) is 4.47. The zero-order valence-corrected chi connectivity index (χ0v) is 16.2. The summed E-state index contributed by atoms with van der Waals surface area (Å²) in [6.45, 7) is 2.10. The predicted molar refractivity (Wildman–Crippen MR) is 113 cm³/mol. The molecule has 0 unspecified atom stereocenters. The van der Waals surface area contributed by atoms with Crippen LogP contribution in [-0.4, -0.2) is 19.9 Å². The van der Waals surface area contributed by atoms with E-state index in [0.29, 0.717) is 16.8 Å². The summed E-state index contributed by atoms with van der Waals surface area (Å²) in [5.74, 6) is -0.0186. The fourth-order valence-electron chi connectivity index (χ4n) is 2.90. The molecule has 29 heavy (non-hydrogen) atoms. The molecule has 2 aromatic heterocycles. The van der Waals surface area contributed by atoms with Crippen molar-refractivity contribution in [3.63, 3.8) is 0 Å². The Kier molecular flexibility index (Phi) is 5.05. The van der Waals surface area contributed by atoms with Gasteiger partial charge in [-0.05, 0) is 42.9 Å². The maximum absolute atomic E-state index is 13.8. The van der Waals surface area contributed by atoms with Crippen LogP contribution in [0.25, 0.3) is 11.0 Å². The van der Waals surface area contributed by atoms with E-state index in [-0.39, 0.29) is 23.4 Å². The zero-order valence-electron chi connectivity index (χ0n) is 15.3. The highest BCUT2D eigenvalue weighted by Gasteiger charge is 2.08. The minimum absolute atomic E-state index is 0.255. The number of halogens is 1. The van der Waals surface area contributed by atoms with Crippen molar-refractivity contribution in [1.82, 2.24) is 14.8 Å². The molecule has 4 aromatic rings. The van der Waals surface area contributed by atoms with E-state index in [4.69, 9.17) is 16.6 Å². The highest BCUT2D eigenvalue weighted by atomic mass is 32.1. The molecule has 0 aliphatic heterocycles. The Morgan fingerprint density at radius 2 is 2.03 bits per heavy atom. The van der Waals surface area contributed by atoms with Crippen LogP contribution >= 0.6 is 12.2 Å². The molecule has 2 heterocycles. The molecule has 2 N–H and O–H groups in total. The first kappa shape index (κ1) is 18.8. The molecule has 0 aliphatic rings. The van der Waals surface area contributed by atoms with Gasteiger partial charge in [0.2, 0.25) is 5.95 Å². The van der Waals surface area contributed by atoms with Crippen molar-refractivity contribution in [2.45, 2.75) is 13.5 Å². The summed E-state index contributed by atoms with van der Waals surface area (Å²) in [6, 6.07) is 13.3. The van der Waals surface area contributed by atoms with Crippen LogP contribution in [0.5, 0.6) is 0 Å². The number of benzene rings is 2. The van der Waals surface area contributed by atoms with Crippen LogP contribution in [-0.2, 0) is 6.54 Å². The van der Waals surface area contributed by atoms with Gasteiger partial charge in [-0.25, -0.2) is 18.9 Å². The Morgan fingerprint density at radius 3 is 2.86 bits per heavy atom. The van der Waals surface area contributed by atoms with Gasteiger partial charge in [0.15, 0.2) is 5.11 Å². The molecule has 0 bridgehead atoms. The highest BCUT2D eigenvalue weighted by molar-refractivity contribution is 7.80. The van der Waals surface area contributed by atoms with Gasteiger partial charge in [0.05, 0.1) is 6.54 Å². The van der Waals surface area contributed by atoms with Gasteiger partial charge in [-0.1, -0.05) is 18.2 Å². The van der Waals surface area contributed by atoms with E-state index in [2.05, 4.69) is 20.7 Å². The lowest BCUT2D eigenvalue weighted by molar-refractivity contribution is 0.560. The van der Waals surface area contributed by atoms with Crippen LogP contribution < -0.4 is 16.3 Å². The molecule has 0 spiro atoms. The molecule has 0 atom stereocenters. The van der Waals surface area contributed by atoms with E-state index in [1.807, 2.05) is 19.1 Å². The minimum Gasteiger partial charge on any atom is -0.423 e. The Balaban J connectivity index is 1.44. The lowest BCUT2D eigenvalue weighted by Gasteiger charge is -2.09. The number of anilines is 2. The maximum Gasteiger partial charge on any atom is 0.336 e. The lowest BCUT2D eigenvalue weighted by Crippen LogP contribution is -2.20. The molecule has 9 heteroatoms. The molecule has 0 saturated carbocycles. The largest absolute Gasteiger partial charge is 0.423 e. The number of aryl methyl sites for hydroxylation is 1. The standard InChI is InChI=1S/C20H16FN5O2S/c1-12-8-18(27)28-17-9-14(6-7-15(12)17)23-20(29)24-19-22-11-26(25-19)10-13-4-2-3-5-16(13)21/h2-9,11H,10H2,1H3,(H2,23,24,25,29). The first-order valence-corrected chi connectivity index (χ1v) is 9.14. The van der Waals surface area contributed by atoms with E-state index >= 15 is 0 Å². The number of thiocarbonyl (C=S) groups is 1. The second kappa shape index (κ2) is 7.80. The summed E-state index contributed by atoms with van der Waals surface area (Å²) in [6.07, 6.45) is 1.49. The van der Waals surface area contributed by atoms with Crippen LogP contribution in [0.4, 0.5) is 16.0 Å². The predicted octanol–water partition coefficient (Wildman–Crippen LogP) is 3.69. The molecule has 4 rings (SSSR count). The minimum atomic E-state index is -0.405. The molecule has 0 aliphatic carbocycles. The Labute approximate surface area is 170 Å². The second-order valence-electron chi connectivity index (χ2n) is 6.40. The summed E-state index contributed by atoms with van der Waals surface area (Å²) in [7, 11) is 0. The molecular weight excluding hydrogens is 393 g/mol. The van der Waals surface area contributed by atoms with Gasteiger partial charge >= 0.3 is 5.63 Å². The zero-order chi connectivity index (χ0) is 20.4. The Morgan fingerprint density at radius 1 is 1.21 bits per heavy atom. The topological polar surface area (TPSA) is 85.0 Å². The summed E-state index contributed by atoms with van der Waals surface area (Å²) < 4.78 is 20.5. The van der Waals surface area contributed by atoms with Crippen molar-refractivity contribution < 1.29 is 8.81 Å². The van der Waals surface area contributed by atoms with Crippen molar-refractivity contribution in [3.8, 4) is 0 Å². The van der Waals surface area contributed by atoms with Gasteiger partial charge < -0.3 is 9.73 Å². The SMILES string of the molecule is Cc1cc(=O)oc2cc(NC(=S)Nc3ncn(Cc4ccccc4F)n3)ccc12. The fourth-order valence-corrected chi connectivity index (χ4v) is 3.10. The molecule has 2 aromatic carbocycles. The monoisotopic (exact) mass is 409 g/mol. The van der Waals surface area contributed by atoms with Gasteiger partial charge in [0, 0.05) is 28.8 Å². The number of nitrogens with one attached hydrogen (secondary N) is 2. The maximum atomic E-state index is 13.8. The first-order valence-electron chi connectivity index (χ1n) is 8.73. The van der Waals surface area contributed by atoms with Gasteiger partial charge in [-0.15, -0.1) is 5.10 Å². The Bertz CT molecular complexity index is 1270. The molecule has 146 valence electrons. The number of hydrogen-bond donors (Lipinski definition) is 2. The molecule has 7 nitrogen and oxygen atoms in total. The summed E-state index contributed by atoms with van der Waals surface area (Å²) in [5, 5.41) is 11.2. The molecule has 0 fully saturated rings. The lowest BCUT2D eigenvalue weighted by atomic mass is 10.1. The van der Waals surface area contributed by atoms with Crippen LogP contribution in [0.15, 0.2) is 64.1 Å².